The van der Waals surface area contributed by atoms with Gasteiger partial charge in [0.15, 0.2) is 5.78 Å². The van der Waals surface area contributed by atoms with E-state index in [-0.39, 0.29) is 43.5 Å². The fraction of sp³-hybridized carbons (Fsp3) is 0.312. The monoisotopic (exact) mass is 673 g/mol. The Morgan fingerprint density at radius 2 is 1.59 bits per heavy atom. The van der Waals surface area contributed by atoms with E-state index in [4.69, 9.17) is 4.74 Å². The molecule has 1 aromatic heterocycles. The van der Waals surface area contributed by atoms with Crippen LogP contribution in [0.5, 0.6) is 11.5 Å². The van der Waals surface area contributed by atoms with Crippen molar-refractivity contribution in [3.8, 4) is 22.8 Å². The van der Waals surface area contributed by atoms with Crippen LogP contribution in [0.1, 0.15) is 53.4 Å². The Kier molecular flexibility index (Phi) is 10.0. The summed E-state index contributed by atoms with van der Waals surface area (Å²) in [4.78, 5) is 16.3. The van der Waals surface area contributed by atoms with Crippen LogP contribution in [0.25, 0.3) is 32.8 Å². The van der Waals surface area contributed by atoms with Gasteiger partial charge in [-0.2, -0.15) is 0 Å². The van der Waals surface area contributed by atoms with Crippen molar-refractivity contribution in [2.24, 2.45) is 11.8 Å². The van der Waals surface area contributed by atoms with Gasteiger partial charge in [0.2, 0.25) is 0 Å². The molecule has 0 saturated carbocycles. The Morgan fingerprint density at radius 3 is 2.30 bits per heavy atom. The normalized spacial score (nSPS) is 12.0. The Morgan fingerprint density at radius 1 is 0.919 bits per heavy atom. The standard InChI is InChI=1S/C19H10NO.C13H24O2.Ir/c1-2-5-14-11-17-15(10-13(14)4-1)19-18-12(8-9-20-19)6-3-7-16(18)21-17;1-5-10(6-2)12(14)9-13(15)11(7-3)8-4;/h1-9,11H;9-11,14H,5-8H2,1-4H3;/q-1;;/b;12-9-;. The molecule has 2 heterocycles. The van der Waals surface area contributed by atoms with Gasteiger partial charge in [-0.1, -0.05) is 75.0 Å². The zero-order chi connectivity index (χ0) is 25.7. The van der Waals surface area contributed by atoms with E-state index in [1.165, 1.54) is 6.08 Å². The zero-order valence-corrected chi connectivity index (χ0v) is 24.3. The number of hydrogen-bond donors (Lipinski definition) is 1. The molecule has 5 heteroatoms. The molecule has 3 aromatic carbocycles. The number of carbonyl (C=O) groups excluding carboxylic acids is 1. The molecule has 1 N–H and O–H groups in total. The summed E-state index contributed by atoms with van der Waals surface area (Å²) in [5, 5.41) is 14.2. The van der Waals surface area contributed by atoms with E-state index in [9.17, 15) is 9.90 Å². The first-order valence-corrected chi connectivity index (χ1v) is 13.0. The van der Waals surface area contributed by atoms with Crippen LogP contribution in [0, 0.1) is 17.9 Å². The average molecular weight is 673 g/mol. The quantitative estimate of drug-likeness (QED) is 0.107. The van der Waals surface area contributed by atoms with E-state index in [0.29, 0.717) is 0 Å². The number of ether oxygens (including phenoxy) is 1. The molecule has 0 aliphatic carbocycles. The minimum absolute atomic E-state index is 0. The van der Waals surface area contributed by atoms with Crippen LogP contribution in [0.4, 0.5) is 0 Å². The molecule has 0 amide bonds. The van der Waals surface area contributed by atoms with Gasteiger partial charge in [0, 0.05) is 55.3 Å². The molecule has 0 spiro atoms. The molecule has 1 radical (unpaired) electrons. The van der Waals surface area contributed by atoms with Crippen LogP contribution in [0.15, 0.2) is 72.6 Å². The van der Waals surface area contributed by atoms with Crippen LogP contribution in [0.3, 0.4) is 0 Å². The van der Waals surface area contributed by atoms with Gasteiger partial charge >= 0.3 is 0 Å². The first-order chi connectivity index (χ1) is 17.5. The Bertz CT molecular complexity index is 1400. The number of aliphatic hydroxyl groups excluding tert-OH is 1. The third-order valence-electron chi connectivity index (χ3n) is 7.05. The molecule has 4 nitrogen and oxygen atoms in total. The SMILES string of the molecule is CCC(CC)C(=O)/C=C(\O)C(CC)CC.[Ir].[c-]1c2c(cc3ccccc13)Oc1cccc3ccnc-2c13. The minimum atomic E-state index is 0. The summed E-state index contributed by atoms with van der Waals surface area (Å²) in [7, 11) is 0. The number of nitrogens with zero attached hydrogens (tertiary/aromatic N) is 1. The fourth-order valence-electron chi connectivity index (χ4n) is 4.77. The molecule has 4 aromatic rings. The summed E-state index contributed by atoms with van der Waals surface area (Å²) in [5.74, 6) is 2.24. The second-order valence-electron chi connectivity index (χ2n) is 9.21. The van der Waals surface area contributed by atoms with Gasteiger partial charge in [0.05, 0.1) is 11.5 Å². The molecule has 5 rings (SSSR count). The smallest absolute Gasteiger partial charge is 0.162 e. The first-order valence-electron chi connectivity index (χ1n) is 13.0. The predicted molar refractivity (Wildman–Crippen MR) is 147 cm³/mol. The molecule has 0 saturated heterocycles. The molecule has 0 fully saturated rings. The van der Waals surface area contributed by atoms with E-state index in [1.54, 1.807) is 0 Å². The molecule has 1 aliphatic rings. The minimum Gasteiger partial charge on any atom is -0.512 e. The maximum atomic E-state index is 11.7. The number of aliphatic hydroxyl groups is 1. The molecular weight excluding hydrogens is 639 g/mol. The summed E-state index contributed by atoms with van der Waals surface area (Å²) in [6.45, 7) is 8.07. The maximum absolute atomic E-state index is 11.7. The molecule has 37 heavy (non-hydrogen) atoms. The number of benzene rings is 3. The molecule has 1 aliphatic heterocycles. The van der Waals surface area contributed by atoms with Gasteiger partial charge in [-0.05, 0) is 43.2 Å². The Labute approximate surface area is 233 Å². The van der Waals surface area contributed by atoms with Gasteiger partial charge in [-0.15, -0.1) is 17.5 Å². The number of fused-ring (bicyclic) bond motifs is 3. The molecular formula is C32H34IrNO3-. The van der Waals surface area contributed by atoms with E-state index in [0.717, 1.165) is 70.0 Å². The summed E-state index contributed by atoms with van der Waals surface area (Å²) < 4.78 is 6.09. The van der Waals surface area contributed by atoms with Crippen LogP contribution in [-0.2, 0) is 24.9 Å². The summed E-state index contributed by atoms with van der Waals surface area (Å²) in [5.41, 5.74) is 1.90. The summed E-state index contributed by atoms with van der Waals surface area (Å²) in [6, 6.07) is 21.8. The molecule has 195 valence electrons. The van der Waals surface area contributed by atoms with E-state index < -0.39 is 0 Å². The average Bonchev–Trinajstić information content (AvgIpc) is 2.90. The molecule has 0 unspecified atom stereocenters. The van der Waals surface area contributed by atoms with Crippen LogP contribution < -0.4 is 4.74 Å². The summed E-state index contributed by atoms with van der Waals surface area (Å²) >= 11 is 0. The molecule has 0 bridgehead atoms. The van der Waals surface area contributed by atoms with Gasteiger partial charge in [0.25, 0.3) is 0 Å². The first kappa shape index (κ1) is 28.6. The topological polar surface area (TPSA) is 59.4 Å². The largest absolute Gasteiger partial charge is 0.512 e. The van der Waals surface area contributed by atoms with E-state index >= 15 is 0 Å². The third-order valence-corrected chi connectivity index (χ3v) is 7.05. The second kappa shape index (κ2) is 13.0. The van der Waals surface area contributed by atoms with Crippen LogP contribution in [-0.4, -0.2) is 15.9 Å². The van der Waals surface area contributed by atoms with E-state index in [2.05, 4.69) is 35.3 Å². The third kappa shape index (κ3) is 6.11. The van der Waals surface area contributed by atoms with Gasteiger partial charge in [-0.3, -0.25) is 9.78 Å². The number of pyridine rings is 1. The number of hydrogen-bond acceptors (Lipinski definition) is 4. The zero-order valence-electron chi connectivity index (χ0n) is 21.9. The van der Waals surface area contributed by atoms with Crippen molar-refractivity contribution in [3.63, 3.8) is 0 Å². The number of ketones is 1. The Hall–Kier alpha value is -3.01. The fourth-order valence-corrected chi connectivity index (χ4v) is 4.77. The predicted octanol–water partition coefficient (Wildman–Crippen LogP) is 8.83. The number of aromatic nitrogens is 1. The van der Waals surface area contributed by atoms with Gasteiger partial charge in [0.1, 0.15) is 5.75 Å². The van der Waals surface area contributed by atoms with E-state index in [1.807, 2.05) is 64.2 Å². The van der Waals surface area contributed by atoms with Crippen molar-refractivity contribution < 1.29 is 34.7 Å². The summed E-state index contributed by atoms with van der Waals surface area (Å²) in [6.07, 6.45) is 6.75. The van der Waals surface area contributed by atoms with Crippen LogP contribution >= 0.6 is 0 Å². The number of allylic oxidation sites excluding steroid dienone is 2. The van der Waals surface area contributed by atoms with Crippen molar-refractivity contribution in [1.29, 1.82) is 0 Å². The molecule has 0 atom stereocenters. The number of rotatable bonds is 7. The van der Waals surface area contributed by atoms with Crippen molar-refractivity contribution in [2.45, 2.75) is 53.4 Å². The second-order valence-corrected chi connectivity index (χ2v) is 9.21. The maximum Gasteiger partial charge on any atom is 0.162 e. The van der Waals surface area contributed by atoms with Crippen molar-refractivity contribution in [3.05, 3.63) is 78.7 Å². The van der Waals surface area contributed by atoms with Crippen molar-refractivity contribution >= 4 is 27.3 Å². The Balaban J connectivity index is 0.000000214. The van der Waals surface area contributed by atoms with Crippen LogP contribution in [0.2, 0.25) is 0 Å². The number of carbonyl (C=O) groups is 1. The van der Waals surface area contributed by atoms with Gasteiger partial charge < -0.3 is 9.84 Å². The van der Waals surface area contributed by atoms with Crippen molar-refractivity contribution in [2.75, 3.05) is 0 Å². The van der Waals surface area contributed by atoms with Crippen molar-refractivity contribution in [1.82, 2.24) is 4.98 Å². The van der Waals surface area contributed by atoms with Gasteiger partial charge in [-0.25, -0.2) is 0 Å².